The molecule has 0 aliphatic carbocycles. The number of nitrogens with zero attached hydrogens (tertiary/aromatic N) is 1. The molecule has 0 saturated carbocycles. The van der Waals surface area contributed by atoms with Crippen LogP contribution in [0.3, 0.4) is 0 Å². The second kappa shape index (κ2) is 2.66. The molecule has 54 valence electrons. The third-order valence-electron chi connectivity index (χ3n) is 1.38. The maximum absolute atomic E-state index is 12.6. The topological polar surface area (TPSA) is 12.9 Å². The molecular weight excluding hydrogens is 197 g/mol. The predicted molar refractivity (Wildman–Crippen MR) is 41.4 cm³/mol. The highest BCUT2D eigenvalue weighted by atomic mass is 79.9. The second-order valence-electron chi connectivity index (χ2n) is 2.16. The maximum Gasteiger partial charge on any atom is 0.227 e. The summed E-state index contributed by atoms with van der Waals surface area (Å²) in [4.78, 5) is 3.66. The number of aryl methyl sites for hydroxylation is 2. The van der Waals surface area contributed by atoms with Gasteiger partial charge in [0.1, 0.15) is 0 Å². The van der Waals surface area contributed by atoms with Gasteiger partial charge in [-0.1, -0.05) is 0 Å². The molecule has 1 aromatic rings. The highest BCUT2D eigenvalue weighted by Gasteiger charge is 2.01. The van der Waals surface area contributed by atoms with Crippen LogP contribution in [-0.4, -0.2) is 4.98 Å². The van der Waals surface area contributed by atoms with Crippen LogP contribution in [0.2, 0.25) is 0 Å². The fraction of sp³-hybridized carbons (Fsp3) is 0.286. The monoisotopic (exact) mass is 203 g/mol. The summed E-state index contributed by atoms with van der Waals surface area (Å²) >= 11 is 3.04. The molecule has 0 spiro atoms. The summed E-state index contributed by atoms with van der Waals surface area (Å²) in [5.74, 6) is -0.442. The van der Waals surface area contributed by atoms with Gasteiger partial charge in [0.2, 0.25) is 5.95 Å². The molecule has 0 amide bonds. The molecule has 0 radical (unpaired) electrons. The van der Waals surface area contributed by atoms with Crippen molar-refractivity contribution in [1.29, 1.82) is 0 Å². The first-order valence-electron chi connectivity index (χ1n) is 2.90. The van der Waals surface area contributed by atoms with Gasteiger partial charge in [0, 0.05) is 5.69 Å². The van der Waals surface area contributed by atoms with Gasteiger partial charge in [0.05, 0.1) is 4.47 Å². The van der Waals surface area contributed by atoms with Gasteiger partial charge in [-0.05, 0) is 41.4 Å². The summed E-state index contributed by atoms with van der Waals surface area (Å²) in [5.41, 5.74) is 1.73. The SMILES string of the molecule is Cc1cc(Br)c(F)nc1C. The van der Waals surface area contributed by atoms with Gasteiger partial charge in [-0.15, -0.1) is 0 Å². The molecule has 1 aromatic heterocycles. The summed E-state index contributed by atoms with van der Waals surface area (Å²) in [6.07, 6.45) is 0. The van der Waals surface area contributed by atoms with Gasteiger partial charge in [0.15, 0.2) is 0 Å². The van der Waals surface area contributed by atoms with Crippen molar-refractivity contribution in [3.8, 4) is 0 Å². The van der Waals surface area contributed by atoms with E-state index in [1.54, 1.807) is 13.0 Å². The lowest BCUT2D eigenvalue weighted by atomic mass is 10.2. The first-order valence-corrected chi connectivity index (χ1v) is 3.70. The summed E-state index contributed by atoms with van der Waals surface area (Å²) in [5, 5.41) is 0. The van der Waals surface area contributed by atoms with E-state index in [4.69, 9.17) is 0 Å². The normalized spacial score (nSPS) is 10.0. The lowest BCUT2D eigenvalue weighted by Crippen LogP contribution is -1.91. The molecule has 0 N–H and O–H groups in total. The van der Waals surface area contributed by atoms with Gasteiger partial charge in [-0.25, -0.2) is 4.98 Å². The largest absolute Gasteiger partial charge is 0.227 e. The Bertz CT molecular complexity index is 210. The Morgan fingerprint density at radius 3 is 2.60 bits per heavy atom. The number of rotatable bonds is 0. The Morgan fingerprint density at radius 1 is 1.50 bits per heavy atom. The van der Waals surface area contributed by atoms with E-state index in [9.17, 15) is 4.39 Å². The Balaban J connectivity index is 3.28. The van der Waals surface area contributed by atoms with Gasteiger partial charge in [0.25, 0.3) is 0 Å². The highest BCUT2D eigenvalue weighted by Crippen LogP contribution is 2.16. The minimum Gasteiger partial charge on any atom is -0.224 e. The van der Waals surface area contributed by atoms with E-state index in [1.165, 1.54) is 0 Å². The second-order valence-corrected chi connectivity index (χ2v) is 3.02. The van der Waals surface area contributed by atoms with E-state index >= 15 is 0 Å². The van der Waals surface area contributed by atoms with Crippen molar-refractivity contribution in [2.24, 2.45) is 0 Å². The van der Waals surface area contributed by atoms with E-state index in [0.29, 0.717) is 4.47 Å². The molecule has 0 unspecified atom stereocenters. The molecule has 0 aromatic carbocycles. The van der Waals surface area contributed by atoms with E-state index < -0.39 is 5.95 Å². The minimum absolute atomic E-state index is 0.426. The third kappa shape index (κ3) is 1.34. The standard InChI is InChI=1S/C7H7BrFN/c1-4-3-6(8)7(9)10-5(4)2/h3H,1-2H3. The predicted octanol–water partition coefficient (Wildman–Crippen LogP) is 2.60. The van der Waals surface area contributed by atoms with Crippen molar-refractivity contribution in [3.63, 3.8) is 0 Å². The lowest BCUT2D eigenvalue weighted by Gasteiger charge is -1.99. The molecule has 10 heavy (non-hydrogen) atoms. The molecule has 0 atom stereocenters. The summed E-state index contributed by atoms with van der Waals surface area (Å²) < 4.78 is 13.0. The van der Waals surface area contributed by atoms with E-state index in [1.807, 2.05) is 6.92 Å². The van der Waals surface area contributed by atoms with Gasteiger partial charge < -0.3 is 0 Å². The average molecular weight is 204 g/mol. The maximum atomic E-state index is 12.6. The molecule has 1 heterocycles. The van der Waals surface area contributed by atoms with E-state index in [-0.39, 0.29) is 0 Å². The zero-order chi connectivity index (χ0) is 7.72. The van der Waals surface area contributed by atoms with E-state index in [0.717, 1.165) is 11.3 Å². The lowest BCUT2D eigenvalue weighted by molar-refractivity contribution is 0.572. The quantitative estimate of drug-likeness (QED) is 0.592. The zero-order valence-corrected chi connectivity index (χ0v) is 7.37. The Kier molecular flexibility index (Phi) is 2.04. The molecule has 0 aliphatic heterocycles. The smallest absolute Gasteiger partial charge is 0.224 e. The van der Waals surface area contributed by atoms with Crippen LogP contribution in [0.1, 0.15) is 11.3 Å². The van der Waals surface area contributed by atoms with Crippen LogP contribution in [0.4, 0.5) is 4.39 Å². The van der Waals surface area contributed by atoms with Gasteiger partial charge in [-0.2, -0.15) is 4.39 Å². The average Bonchev–Trinajstić information content (AvgIpc) is 1.84. The zero-order valence-electron chi connectivity index (χ0n) is 5.78. The fourth-order valence-corrected chi connectivity index (χ4v) is 1.07. The van der Waals surface area contributed by atoms with Crippen LogP contribution in [-0.2, 0) is 0 Å². The van der Waals surface area contributed by atoms with Crippen LogP contribution in [0.5, 0.6) is 0 Å². The van der Waals surface area contributed by atoms with Crippen molar-refractivity contribution in [2.75, 3.05) is 0 Å². The van der Waals surface area contributed by atoms with Crippen molar-refractivity contribution in [3.05, 3.63) is 27.7 Å². The molecule has 3 heteroatoms. The minimum atomic E-state index is -0.442. The Morgan fingerprint density at radius 2 is 2.10 bits per heavy atom. The van der Waals surface area contributed by atoms with Crippen molar-refractivity contribution >= 4 is 15.9 Å². The van der Waals surface area contributed by atoms with Gasteiger partial charge >= 0.3 is 0 Å². The van der Waals surface area contributed by atoms with Crippen LogP contribution >= 0.6 is 15.9 Å². The Labute approximate surface area is 67.4 Å². The van der Waals surface area contributed by atoms with Crippen molar-refractivity contribution < 1.29 is 4.39 Å². The third-order valence-corrected chi connectivity index (χ3v) is 1.93. The summed E-state index contributed by atoms with van der Waals surface area (Å²) in [6, 6.07) is 1.72. The van der Waals surface area contributed by atoms with Crippen LogP contribution in [0, 0.1) is 19.8 Å². The van der Waals surface area contributed by atoms with Crippen molar-refractivity contribution in [2.45, 2.75) is 13.8 Å². The Hall–Kier alpha value is -0.440. The number of hydrogen-bond acceptors (Lipinski definition) is 1. The number of pyridine rings is 1. The molecule has 1 nitrogen and oxygen atoms in total. The number of aromatic nitrogens is 1. The van der Waals surface area contributed by atoms with E-state index in [2.05, 4.69) is 20.9 Å². The molecule has 0 saturated heterocycles. The van der Waals surface area contributed by atoms with Crippen LogP contribution in [0.15, 0.2) is 10.5 Å². The molecule has 0 aliphatic rings. The van der Waals surface area contributed by atoms with Crippen molar-refractivity contribution in [1.82, 2.24) is 4.98 Å². The molecule has 0 fully saturated rings. The number of halogens is 2. The first-order chi connectivity index (χ1) is 4.61. The van der Waals surface area contributed by atoms with Crippen LogP contribution < -0.4 is 0 Å². The first kappa shape index (κ1) is 7.66. The molecule has 1 rings (SSSR count). The van der Waals surface area contributed by atoms with Crippen LogP contribution in [0.25, 0.3) is 0 Å². The molecule has 0 bridgehead atoms. The fourth-order valence-electron chi connectivity index (χ4n) is 0.643. The summed E-state index contributed by atoms with van der Waals surface area (Å²) in [7, 11) is 0. The molecular formula is C7H7BrFN. The number of hydrogen-bond donors (Lipinski definition) is 0. The van der Waals surface area contributed by atoms with Gasteiger partial charge in [-0.3, -0.25) is 0 Å². The summed E-state index contributed by atoms with van der Waals surface area (Å²) in [6.45, 7) is 3.68. The highest BCUT2D eigenvalue weighted by molar-refractivity contribution is 9.10.